The number of ether oxygens (including phenoxy) is 4. The summed E-state index contributed by atoms with van der Waals surface area (Å²) in [6.07, 6.45) is 3.69. The number of carbonyl (C=O) groups is 1. The summed E-state index contributed by atoms with van der Waals surface area (Å²) in [5, 5.41) is 0. The van der Waals surface area contributed by atoms with Crippen LogP contribution in [0.25, 0.3) is 0 Å². The number of aryl methyl sites for hydroxylation is 1. The zero-order valence-corrected chi connectivity index (χ0v) is 19.2. The van der Waals surface area contributed by atoms with E-state index in [1.807, 2.05) is 41.2 Å². The minimum Gasteiger partial charge on any atom is -0.494 e. The van der Waals surface area contributed by atoms with Gasteiger partial charge in [0.2, 0.25) is 6.29 Å². The van der Waals surface area contributed by atoms with Crippen molar-refractivity contribution in [2.45, 2.75) is 25.7 Å². The van der Waals surface area contributed by atoms with Crippen LogP contribution < -0.4 is 9.64 Å². The summed E-state index contributed by atoms with van der Waals surface area (Å²) < 4.78 is 21.9. The molecule has 0 bridgehead atoms. The van der Waals surface area contributed by atoms with Crippen LogP contribution >= 0.6 is 0 Å². The van der Waals surface area contributed by atoms with E-state index in [9.17, 15) is 9.59 Å². The number of hydrogen-bond acceptors (Lipinski definition) is 8. The van der Waals surface area contributed by atoms with E-state index in [1.54, 1.807) is 23.3 Å². The van der Waals surface area contributed by atoms with Crippen molar-refractivity contribution < 1.29 is 28.5 Å². The molecule has 2 aliphatic rings. The van der Waals surface area contributed by atoms with Gasteiger partial charge in [-0.15, -0.1) is 0 Å². The van der Waals surface area contributed by atoms with E-state index in [0.29, 0.717) is 42.6 Å². The van der Waals surface area contributed by atoms with Crippen LogP contribution in [0.4, 0.5) is 10.6 Å². The van der Waals surface area contributed by atoms with Crippen LogP contribution in [0, 0.1) is 0 Å². The molecular weight excluding hydrogens is 438 g/mol. The van der Waals surface area contributed by atoms with Crippen molar-refractivity contribution in [3.05, 3.63) is 71.3 Å². The van der Waals surface area contributed by atoms with Gasteiger partial charge in [0.05, 0.1) is 6.26 Å². The first-order valence-corrected chi connectivity index (χ1v) is 11.0. The lowest BCUT2D eigenvalue weighted by Gasteiger charge is -2.31. The zero-order chi connectivity index (χ0) is 23.9. The Morgan fingerprint density at radius 3 is 2.76 bits per heavy atom. The fourth-order valence-corrected chi connectivity index (χ4v) is 4.06. The average Bonchev–Trinajstić information content (AvgIpc) is 3.10. The number of anilines is 1. The Hall–Kier alpha value is -3.65. The van der Waals surface area contributed by atoms with E-state index < -0.39 is 12.4 Å². The van der Waals surface area contributed by atoms with Gasteiger partial charge in [-0.1, -0.05) is 18.2 Å². The molecule has 2 aromatic rings. The number of fused-ring (bicyclic) bond motifs is 1. The van der Waals surface area contributed by atoms with E-state index in [1.165, 1.54) is 14.2 Å². The molecule has 0 fully saturated rings. The lowest BCUT2D eigenvalue weighted by molar-refractivity contribution is -0.109. The monoisotopic (exact) mass is 465 g/mol. The number of amides is 1. The number of rotatable bonds is 6. The fraction of sp³-hybridized carbons (Fsp3) is 0.360. The maximum absolute atomic E-state index is 13.0. The number of hydrogen-bond donors (Lipinski definition) is 0. The van der Waals surface area contributed by atoms with E-state index in [0.717, 1.165) is 24.0 Å². The molecular formula is C25H27N3O6. The second kappa shape index (κ2) is 11.0. The highest BCUT2D eigenvalue weighted by molar-refractivity contribution is 5.89. The molecule has 2 aliphatic heterocycles. The third-order valence-corrected chi connectivity index (χ3v) is 5.69. The van der Waals surface area contributed by atoms with Crippen molar-refractivity contribution >= 4 is 17.9 Å². The van der Waals surface area contributed by atoms with Crippen molar-refractivity contribution in [3.8, 4) is 5.75 Å². The highest BCUT2D eigenvalue weighted by Gasteiger charge is 2.30. The van der Waals surface area contributed by atoms with Gasteiger partial charge < -0.3 is 23.8 Å². The Labute approximate surface area is 198 Å². The summed E-state index contributed by atoms with van der Waals surface area (Å²) >= 11 is 0. The number of aromatic nitrogens is 1. The Kier molecular flexibility index (Phi) is 7.59. The van der Waals surface area contributed by atoms with Crippen molar-refractivity contribution in [3.63, 3.8) is 0 Å². The van der Waals surface area contributed by atoms with Crippen LogP contribution in [0.3, 0.4) is 0 Å². The minimum absolute atomic E-state index is 0.144. The lowest BCUT2D eigenvalue weighted by Crippen LogP contribution is -2.39. The van der Waals surface area contributed by atoms with Gasteiger partial charge in [0.25, 0.3) is 0 Å². The normalized spacial score (nSPS) is 15.4. The summed E-state index contributed by atoms with van der Waals surface area (Å²) in [5.74, 6) is 2.96. The second-order valence-electron chi connectivity index (χ2n) is 7.87. The molecule has 34 heavy (non-hydrogen) atoms. The fourth-order valence-electron chi connectivity index (χ4n) is 4.06. The van der Waals surface area contributed by atoms with Crippen LogP contribution in [0.5, 0.6) is 5.75 Å². The van der Waals surface area contributed by atoms with Crippen LogP contribution in [0.1, 0.15) is 29.5 Å². The summed E-state index contributed by atoms with van der Waals surface area (Å²) in [6, 6.07) is 10.9. The van der Waals surface area contributed by atoms with Gasteiger partial charge in [0, 0.05) is 33.9 Å². The molecule has 0 N–H and O–H groups in total. The van der Waals surface area contributed by atoms with Gasteiger partial charge in [-0.2, -0.15) is 0 Å². The summed E-state index contributed by atoms with van der Waals surface area (Å²) in [7, 11) is 3.06. The van der Waals surface area contributed by atoms with Gasteiger partial charge in [-0.25, -0.2) is 14.6 Å². The van der Waals surface area contributed by atoms with Crippen LogP contribution in [-0.4, -0.2) is 55.8 Å². The third-order valence-electron chi connectivity index (χ3n) is 5.69. The average molecular weight is 466 g/mol. The van der Waals surface area contributed by atoms with E-state index >= 15 is 0 Å². The molecule has 3 heterocycles. The van der Waals surface area contributed by atoms with Gasteiger partial charge in [-0.05, 0) is 48.2 Å². The number of pyridine rings is 1. The highest BCUT2D eigenvalue weighted by atomic mass is 16.7. The van der Waals surface area contributed by atoms with Crippen molar-refractivity contribution in [2.75, 3.05) is 38.8 Å². The van der Waals surface area contributed by atoms with E-state index in [-0.39, 0.29) is 6.61 Å². The molecule has 0 aliphatic carbocycles. The summed E-state index contributed by atoms with van der Waals surface area (Å²) in [6.45, 7) is 1.50. The molecule has 1 aromatic heterocycles. The molecule has 1 aromatic carbocycles. The first kappa shape index (κ1) is 23.5. The number of nitrogens with zero attached hydrogens (tertiary/aromatic N) is 3. The number of methoxy groups -OCH3 is 2. The van der Waals surface area contributed by atoms with Crippen molar-refractivity contribution in [1.29, 1.82) is 0 Å². The maximum Gasteiger partial charge on any atom is 0.420 e. The van der Waals surface area contributed by atoms with Gasteiger partial charge in [0.1, 0.15) is 35.5 Å². The number of para-hydroxylation sites is 1. The number of benzene rings is 1. The summed E-state index contributed by atoms with van der Waals surface area (Å²) in [4.78, 5) is 32.8. The molecule has 0 saturated carbocycles. The Morgan fingerprint density at radius 1 is 1.24 bits per heavy atom. The second-order valence-corrected chi connectivity index (χ2v) is 7.87. The highest BCUT2D eigenvalue weighted by Crippen LogP contribution is 2.32. The zero-order valence-electron chi connectivity index (χ0n) is 19.2. The largest absolute Gasteiger partial charge is 0.494 e. The van der Waals surface area contributed by atoms with Gasteiger partial charge >= 0.3 is 6.09 Å². The topological polar surface area (TPSA) is 90.4 Å². The molecule has 9 heteroatoms. The lowest BCUT2D eigenvalue weighted by atomic mass is 10.0. The molecule has 1 amide bonds. The standard InChI is InChI=1S/C25H27N3O6/c1-31-24(32-2)22-19(15-27-11-7-13-33-17-20(27)16-29)14-18-8-6-12-28(23(18)26-22)25(30)34-21-9-4-3-5-10-21/h3-5,7,9-10,13-14,24H,6,8,11-12,15,17H2,1-2H3. The molecule has 0 saturated heterocycles. The SMILES string of the molecule is COC(OC)c1nc2c(cc1CN1CC=COCC1=C=O)CCCN2C(=O)Oc1ccccc1. The Bertz CT molecular complexity index is 1090. The first-order chi connectivity index (χ1) is 16.6. The van der Waals surface area contributed by atoms with Crippen LogP contribution in [-0.2, 0) is 32.0 Å². The molecule has 0 atom stereocenters. The van der Waals surface area contributed by atoms with Crippen molar-refractivity contribution in [2.24, 2.45) is 0 Å². The molecule has 0 radical (unpaired) electrons. The van der Waals surface area contributed by atoms with Crippen molar-refractivity contribution in [1.82, 2.24) is 9.88 Å². The first-order valence-electron chi connectivity index (χ1n) is 11.0. The van der Waals surface area contributed by atoms with Crippen LogP contribution in [0.15, 0.2) is 54.4 Å². The van der Waals surface area contributed by atoms with Crippen LogP contribution in [0.2, 0.25) is 0 Å². The smallest absolute Gasteiger partial charge is 0.420 e. The molecule has 0 spiro atoms. The van der Waals surface area contributed by atoms with E-state index in [2.05, 4.69) is 0 Å². The van der Waals surface area contributed by atoms with Gasteiger partial charge in [-0.3, -0.25) is 4.90 Å². The quantitative estimate of drug-likeness (QED) is 0.474. The molecule has 4 rings (SSSR count). The number of carbonyl (C=O) groups excluding carboxylic acids is 2. The third kappa shape index (κ3) is 5.12. The Morgan fingerprint density at radius 2 is 2.03 bits per heavy atom. The molecule has 178 valence electrons. The molecule has 0 unspecified atom stereocenters. The molecule has 9 nitrogen and oxygen atoms in total. The van der Waals surface area contributed by atoms with Gasteiger partial charge in [0.15, 0.2) is 0 Å². The predicted octanol–water partition coefficient (Wildman–Crippen LogP) is 3.39. The maximum atomic E-state index is 13.0. The minimum atomic E-state index is -0.753. The summed E-state index contributed by atoms with van der Waals surface area (Å²) in [5.41, 5.74) is 2.68. The Balaban J connectivity index is 1.69. The predicted molar refractivity (Wildman–Crippen MR) is 124 cm³/mol. The van der Waals surface area contributed by atoms with E-state index in [4.69, 9.17) is 23.9 Å².